The van der Waals surface area contributed by atoms with Gasteiger partial charge in [-0.15, -0.1) is 4.40 Å². The van der Waals surface area contributed by atoms with E-state index in [-0.39, 0.29) is 23.1 Å². The third kappa shape index (κ3) is 4.45. The molecule has 2 atom stereocenters. The van der Waals surface area contributed by atoms with Gasteiger partial charge in [0.25, 0.3) is 0 Å². The molecule has 2 aliphatic heterocycles. The predicted octanol–water partition coefficient (Wildman–Crippen LogP) is 3.44. The number of carbonyl (C=O) groups is 1. The molecule has 0 aliphatic carbocycles. The van der Waals surface area contributed by atoms with E-state index in [1.54, 1.807) is 18.2 Å². The first-order valence-corrected chi connectivity index (χ1v) is 10.6. The molecule has 0 radical (unpaired) electrons. The molecule has 1 saturated heterocycles. The van der Waals surface area contributed by atoms with Gasteiger partial charge in [-0.2, -0.15) is 0 Å². The van der Waals surface area contributed by atoms with Crippen molar-refractivity contribution in [3.63, 3.8) is 0 Å². The van der Waals surface area contributed by atoms with Crippen LogP contribution in [0.5, 0.6) is 5.75 Å². The number of ether oxygens (including phenoxy) is 1. The SMILES string of the molecule is CC(C)(C)C1CC(COc2cccc3c2C(N)=NS(O)(O)N3)CN(C(=O)O)C1. The van der Waals surface area contributed by atoms with Crippen LogP contribution in [-0.4, -0.2) is 50.7 Å². The van der Waals surface area contributed by atoms with Gasteiger partial charge in [-0.3, -0.25) is 13.8 Å². The Morgan fingerprint density at radius 3 is 2.75 bits per heavy atom. The smallest absolute Gasteiger partial charge is 0.407 e. The minimum absolute atomic E-state index is 0.00630. The summed E-state index contributed by atoms with van der Waals surface area (Å²) in [6.45, 7) is 7.63. The zero-order valence-electron chi connectivity index (χ0n) is 16.3. The van der Waals surface area contributed by atoms with E-state index in [0.717, 1.165) is 6.42 Å². The van der Waals surface area contributed by atoms with E-state index >= 15 is 0 Å². The first kappa shape index (κ1) is 20.6. The Bertz CT molecular complexity index is 793. The fourth-order valence-corrected chi connectivity index (χ4v) is 4.55. The summed E-state index contributed by atoms with van der Waals surface area (Å²) in [5.41, 5.74) is 6.83. The van der Waals surface area contributed by atoms with Gasteiger partial charge in [0.05, 0.1) is 17.9 Å². The highest BCUT2D eigenvalue weighted by molar-refractivity contribution is 8.24. The minimum Gasteiger partial charge on any atom is -0.492 e. The molecule has 1 fully saturated rings. The molecule has 1 aromatic carbocycles. The van der Waals surface area contributed by atoms with E-state index < -0.39 is 17.1 Å². The molecule has 156 valence electrons. The summed E-state index contributed by atoms with van der Waals surface area (Å²) in [6.07, 6.45) is -0.0492. The number of carboxylic acid groups (broad SMARTS) is 1. The molecular weight excluding hydrogens is 384 g/mol. The Balaban J connectivity index is 1.76. The second-order valence-electron chi connectivity index (χ2n) is 8.44. The maximum Gasteiger partial charge on any atom is 0.407 e. The highest BCUT2D eigenvalue weighted by atomic mass is 32.3. The molecule has 0 spiro atoms. The first-order valence-electron chi connectivity index (χ1n) is 9.11. The third-order valence-electron chi connectivity index (χ3n) is 5.26. The molecule has 0 saturated carbocycles. The first-order chi connectivity index (χ1) is 13.0. The van der Waals surface area contributed by atoms with Crippen LogP contribution < -0.4 is 15.2 Å². The molecule has 10 heteroatoms. The van der Waals surface area contributed by atoms with Crippen LogP contribution in [0.15, 0.2) is 22.6 Å². The highest BCUT2D eigenvalue weighted by Gasteiger charge is 2.36. The number of hydrogen-bond acceptors (Lipinski definition) is 7. The molecule has 3 rings (SSSR count). The number of amides is 1. The predicted molar refractivity (Wildman–Crippen MR) is 110 cm³/mol. The topological polar surface area (TPSA) is 141 Å². The lowest BCUT2D eigenvalue weighted by Crippen LogP contribution is -2.48. The van der Waals surface area contributed by atoms with Crippen molar-refractivity contribution in [1.82, 2.24) is 4.90 Å². The van der Waals surface area contributed by atoms with Crippen molar-refractivity contribution in [3.8, 4) is 5.75 Å². The molecular formula is C18H28N4O5S. The van der Waals surface area contributed by atoms with Crippen molar-refractivity contribution in [2.75, 3.05) is 24.4 Å². The quantitative estimate of drug-likeness (QED) is 0.512. The Labute approximate surface area is 166 Å². The molecule has 6 N–H and O–H groups in total. The lowest BCUT2D eigenvalue weighted by molar-refractivity contribution is 0.0444. The fourth-order valence-electron chi connectivity index (χ4n) is 3.67. The number of piperidine rings is 1. The summed E-state index contributed by atoms with van der Waals surface area (Å²) < 4.78 is 31.8. The monoisotopic (exact) mass is 412 g/mol. The van der Waals surface area contributed by atoms with Gasteiger partial charge in [0, 0.05) is 19.0 Å². The number of anilines is 1. The average Bonchev–Trinajstić information content (AvgIpc) is 2.57. The normalized spacial score (nSPS) is 25.2. The summed E-state index contributed by atoms with van der Waals surface area (Å²) in [7, 11) is -3.35. The zero-order chi connectivity index (χ0) is 20.7. The largest absolute Gasteiger partial charge is 0.492 e. The van der Waals surface area contributed by atoms with Crippen molar-refractivity contribution >= 4 is 28.6 Å². The number of nitrogens with two attached hydrogens (primary N) is 1. The Kier molecular flexibility index (Phi) is 5.39. The van der Waals surface area contributed by atoms with Crippen molar-refractivity contribution in [2.45, 2.75) is 27.2 Å². The van der Waals surface area contributed by atoms with Gasteiger partial charge >= 0.3 is 6.09 Å². The lowest BCUT2D eigenvalue weighted by Gasteiger charge is -2.42. The van der Waals surface area contributed by atoms with Crippen LogP contribution in [0.3, 0.4) is 0 Å². The van der Waals surface area contributed by atoms with Gasteiger partial charge in [0.2, 0.25) is 0 Å². The molecule has 0 bridgehead atoms. The lowest BCUT2D eigenvalue weighted by atomic mass is 9.73. The summed E-state index contributed by atoms with van der Waals surface area (Å²) in [4.78, 5) is 13.0. The van der Waals surface area contributed by atoms with Crippen LogP contribution in [0.4, 0.5) is 10.5 Å². The maximum absolute atomic E-state index is 11.5. The van der Waals surface area contributed by atoms with Crippen LogP contribution >= 0.6 is 11.0 Å². The van der Waals surface area contributed by atoms with Gasteiger partial charge in [-0.1, -0.05) is 26.8 Å². The number of nitrogens with zero attached hydrogens (tertiary/aromatic N) is 2. The van der Waals surface area contributed by atoms with Crippen molar-refractivity contribution < 1.29 is 23.7 Å². The van der Waals surface area contributed by atoms with Crippen LogP contribution in [0.25, 0.3) is 0 Å². The third-order valence-corrected chi connectivity index (χ3v) is 6.21. The minimum atomic E-state index is -3.35. The van der Waals surface area contributed by atoms with Crippen molar-refractivity contribution in [1.29, 1.82) is 0 Å². The summed E-state index contributed by atoms with van der Waals surface area (Å²) in [5, 5.41) is 9.47. The standard InChI is InChI=1S/C18H28N4O5S/c1-18(2,3)12-7-11(8-22(9-12)17(23)24)10-27-14-6-4-5-13-15(14)16(19)21-28(25,26)20-13/h4-6,11-12,20,25-26H,7-10H2,1-3H3,(H2,19,21)(H,23,24). The van der Waals surface area contributed by atoms with E-state index in [9.17, 15) is 19.0 Å². The van der Waals surface area contributed by atoms with E-state index in [0.29, 0.717) is 36.7 Å². The van der Waals surface area contributed by atoms with Gasteiger partial charge in [-0.05, 0) is 40.8 Å². The van der Waals surface area contributed by atoms with Crippen LogP contribution in [0.1, 0.15) is 32.8 Å². The molecule has 28 heavy (non-hydrogen) atoms. The number of likely N-dealkylation sites (tertiary alicyclic amines) is 1. The van der Waals surface area contributed by atoms with Gasteiger partial charge < -0.3 is 20.5 Å². The molecule has 2 unspecified atom stereocenters. The summed E-state index contributed by atoms with van der Waals surface area (Å²) in [6, 6.07) is 5.12. The number of hydrogen-bond donors (Lipinski definition) is 5. The molecule has 2 aliphatic rings. The fraction of sp³-hybridized carbons (Fsp3) is 0.556. The van der Waals surface area contributed by atoms with Crippen LogP contribution in [0, 0.1) is 17.3 Å². The Hall–Kier alpha value is -2.17. The molecule has 2 heterocycles. The van der Waals surface area contributed by atoms with Crippen molar-refractivity contribution in [3.05, 3.63) is 23.8 Å². The van der Waals surface area contributed by atoms with Crippen molar-refractivity contribution in [2.24, 2.45) is 27.4 Å². The van der Waals surface area contributed by atoms with Gasteiger partial charge in [-0.25, -0.2) is 4.79 Å². The second-order valence-corrected chi connectivity index (χ2v) is 9.86. The maximum atomic E-state index is 11.5. The highest BCUT2D eigenvalue weighted by Crippen LogP contribution is 2.47. The summed E-state index contributed by atoms with van der Waals surface area (Å²) >= 11 is 0. The Morgan fingerprint density at radius 1 is 1.39 bits per heavy atom. The molecule has 1 amide bonds. The van der Waals surface area contributed by atoms with E-state index in [1.807, 2.05) is 0 Å². The summed E-state index contributed by atoms with van der Waals surface area (Å²) in [5.74, 6) is 0.741. The Morgan fingerprint density at radius 2 is 2.11 bits per heavy atom. The average molecular weight is 413 g/mol. The zero-order valence-corrected chi connectivity index (χ0v) is 17.1. The van der Waals surface area contributed by atoms with E-state index in [2.05, 4.69) is 29.9 Å². The number of benzene rings is 1. The van der Waals surface area contributed by atoms with E-state index in [4.69, 9.17) is 10.5 Å². The number of rotatable bonds is 3. The van der Waals surface area contributed by atoms with Gasteiger partial charge in [0.15, 0.2) is 5.84 Å². The number of amidine groups is 1. The van der Waals surface area contributed by atoms with Crippen LogP contribution in [-0.2, 0) is 0 Å². The number of fused-ring (bicyclic) bond motifs is 1. The van der Waals surface area contributed by atoms with Crippen LogP contribution in [0.2, 0.25) is 0 Å². The molecule has 9 nitrogen and oxygen atoms in total. The number of nitrogens with one attached hydrogen (secondary N) is 1. The molecule has 1 aromatic rings. The second kappa shape index (κ2) is 7.34. The van der Waals surface area contributed by atoms with E-state index in [1.165, 1.54) is 4.90 Å². The molecule has 0 aromatic heterocycles. The van der Waals surface area contributed by atoms with Gasteiger partial charge in [0.1, 0.15) is 5.75 Å².